The van der Waals surface area contributed by atoms with E-state index in [4.69, 9.17) is 10.2 Å². The van der Waals surface area contributed by atoms with Crippen LogP contribution < -0.4 is 5.73 Å². The Morgan fingerprint density at radius 3 is 2.77 bits per heavy atom. The fourth-order valence-corrected chi connectivity index (χ4v) is 1.03. The fraction of sp³-hybridized carbons (Fsp3) is 0.300. The minimum absolute atomic E-state index is 0.0499. The number of hydrogen-bond acceptors (Lipinski definition) is 3. The van der Waals surface area contributed by atoms with Crippen LogP contribution >= 0.6 is 0 Å². The number of allylic oxidation sites excluding steroid dienone is 1. The number of hydrogen-bond donors (Lipinski definition) is 1. The number of Topliss-reactive ketones (excluding diaryl/α,β-unsaturated/α-hetero) is 1. The Morgan fingerprint density at radius 1 is 1.62 bits per heavy atom. The van der Waals surface area contributed by atoms with Crippen LogP contribution in [0.4, 0.5) is 0 Å². The largest absolute Gasteiger partial charge is 0.463 e. The number of rotatable bonds is 3. The maximum atomic E-state index is 11.3. The zero-order chi connectivity index (χ0) is 9.84. The summed E-state index contributed by atoms with van der Waals surface area (Å²) in [6.07, 6.45) is 2.00. The number of carbonyl (C=O) groups excluding carboxylic acids is 1. The van der Waals surface area contributed by atoms with E-state index in [1.165, 1.54) is 6.26 Å². The van der Waals surface area contributed by atoms with E-state index in [0.717, 1.165) is 0 Å². The van der Waals surface area contributed by atoms with Crippen LogP contribution in [0.1, 0.15) is 26.0 Å². The first kappa shape index (κ1) is 9.58. The van der Waals surface area contributed by atoms with Gasteiger partial charge in [-0.1, -0.05) is 6.92 Å². The van der Waals surface area contributed by atoms with Gasteiger partial charge in [-0.15, -0.1) is 0 Å². The van der Waals surface area contributed by atoms with Gasteiger partial charge in [-0.25, -0.2) is 0 Å². The van der Waals surface area contributed by atoms with Gasteiger partial charge in [0.2, 0.25) is 0 Å². The Labute approximate surface area is 77.2 Å². The van der Waals surface area contributed by atoms with E-state index in [2.05, 4.69) is 0 Å². The van der Waals surface area contributed by atoms with Crippen LogP contribution in [-0.4, -0.2) is 5.78 Å². The molecule has 70 valence electrons. The molecule has 3 nitrogen and oxygen atoms in total. The van der Waals surface area contributed by atoms with E-state index in [9.17, 15) is 4.79 Å². The molecule has 0 aliphatic rings. The Bertz CT molecular complexity index is 323. The molecule has 0 unspecified atom stereocenters. The molecule has 1 aromatic heterocycles. The van der Waals surface area contributed by atoms with E-state index in [1.54, 1.807) is 26.0 Å². The summed E-state index contributed by atoms with van der Waals surface area (Å²) in [5.41, 5.74) is 6.72. The smallest absolute Gasteiger partial charge is 0.160 e. The summed E-state index contributed by atoms with van der Waals surface area (Å²) in [5.74, 6) is 0.605. The van der Waals surface area contributed by atoms with Crippen molar-refractivity contribution in [2.45, 2.75) is 20.3 Å². The molecule has 0 aliphatic carbocycles. The molecule has 0 spiro atoms. The van der Waals surface area contributed by atoms with E-state index in [0.29, 0.717) is 23.5 Å². The lowest BCUT2D eigenvalue weighted by molar-refractivity contribution is -0.115. The van der Waals surface area contributed by atoms with Crippen LogP contribution in [0.3, 0.4) is 0 Å². The second-order valence-electron chi connectivity index (χ2n) is 2.79. The van der Waals surface area contributed by atoms with Crippen LogP contribution in [0, 0.1) is 0 Å². The summed E-state index contributed by atoms with van der Waals surface area (Å²) in [6, 6.07) is 3.48. The van der Waals surface area contributed by atoms with Crippen molar-refractivity contribution < 1.29 is 9.21 Å². The normalized spacial score (nSPS) is 12.5. The highest BCUT2D eigenvalue weighted by Gasteiger charge is 2.09. The second-order valence-corrected chi connectivity index (χ2v) is 2.79. The summed E-state index contributed by atoms with van der Waals surface area (Å²) in [5, 5.41) is 0. The van der Waals surface area contributed by atoms with Crippen molar-refractivity contribution in [3.63, 3.8) is 0 Å². The maximum Gasteiger partial charge on any atom is 0.160 e. The van der Waals surface area contributed by atoms with Crippen molar-refractivity contribution in [2.75, 3.05) is 0 Å². The Hall–Kier alpha value is -1.51. The Morgan fingerprint density at radius 2 is 2.31 bits per heavy atom. The molecule has 1 aromatic rings. The van der Waals surface area contributed by atoms with Crippen LogP contribution in [0.5, 0.6) is 0 Å². The molecular weight excluding hydrogens is 166 g/mol. The maximum absolute atomic E-state index is 11.3. The van der Waals surface area contributed by atoms with Crippen molar-refractivity contribution in [1.29, 1.82) is 0 Å². The number of furan rings is 1. The molecule has 0 saturated heterocycles. The third kappa shape index (κ3) is 1.99. The van der Waals surface area contributed by atoms with Crippen LogP contribution in [0.25, 0.3) is 5.70 Å². The summed E-state index contributed by atoms with van der Waals surface area (Å²) in [4.78, 5) is 11.3. The fourth-order valence-electron chi connectivity index (χ4n) is 1.03. The van der Waals surface area contributed by atoms with E-state index < -0.39 is 0 Å². The highest BCUT2D eigenvalue weighted by Crippen LogP contribution is 2.14. The van der Waals surface area contributed by atoms with Gasteiger partial charge in [0.15, 0.2) is 5.78 Å². The van der Waals surface area contributed by atoms with Crippen molar-refractivity contribution in [2.24, 2.45) is 5.73 Å². The highest BCUT2D eigenvalue weighted by atomic mass is 16.3. The van der Waals surface area contributed by atoms with Gasteiger partial charge in [0.05, 0.1) is 12.0 Å². The van der Waals surface area contributed by atoms with Crippen molar-refractivity contribution in [3.05, 3.63) is 29.7 Å². The van der Waals surface area contributed by atoms with Crippen LogP contribution in [0.2, 0.25) is 0 Å². The van der Waals surface area contributed by atoms with Gasteiger partial charge in [-0.2, -0.15) is 0 Å². The third-order valence-corrected chi connectivity index (χ3v) is 1.93. The molecule has 0 amide bonds. The van der Waals surface area contributed by atoms with Gasteiger partial charge in [0.25, 0.3) is 0 Å². The number of carbonyl (C=O) groups is 1. The second kappa shape index (κ2) is 3.94. The number of ketones is 1. The number of nitrogens with two attached hydrogens (primary N) is 1. The van der Waals surface area contributed by atoms with E-state index in [1.807, 2.05) is 0 Å². The van der Waals surface area contributed by atoms with Gasteiger partial charge >= 0.3 is 0 Å². The zero-order valence-corrected chi connectivity index (χ0v) is 7.83. The molecule has 0 saturated carbocycles. The van der Waals surface area contributed by atoms with Crippen LogP contribution in [0.15, 0.2) is 28.4 Å². The predicted molar refractivity (Wildman–Crippen MR) is 50.8 cm³/mol. The molecule has 0 bridgehead atoms. The van der Waals surface area contributed by atoms with Gasteiger partial charge in [0.1, 0.15) is 5.76 Å². The lowest BCUT2D eigenvalue weighted by Crippen LogP contribution is -2.06. The van der Waals surface area contributed by atoms with E-state index >= 15 is 0 Å². The molecule has 2 N–H and O–H groups in total. The first-order valence-electron chi connectivity index (χ1n) is 4.20. The molecule has 0 aliphatic heterocycles. The zero-order valence-electron chi connectivity index (χ0n) is 7.83. The molecule has 0 aromatic carbocycles. The molecule has 0 radical (unpaired) electrons. The molecule has 1 heterocycles. The average Bonchev–Trinajstić information content (AvgIpc) is 2.67. The van der Waals surface area contributed by atoms with Gasteiger partial charge in [-0.05, 0) is 19.1 Å². The minimum atomic E-state index is 0.0499. The average molecular weight is 179 g/mol. The standard InChI is InChI=1S/C10H13NO2/c1-3-8(12)7(2)10(11)9-5-4-6-13-9/h4-6H,3,11H2,1-2H3/b10-7+. The van der Waals surface area contributed by atoms with Gasteiger partial charge < -0.3 is 10.2 Å². The van der Waals surface area contributed by atoms with Crippen molar-refractivity contribution >= 4 is 11.5 Å². The summed E-state index contributed by atoms with van der Waals surface area (Å²) >= 11 is 0. The molecule has 3 heteroatoms. The summed E-state index contributed by atoms with van der Waals surface area (Å²) in [7, 11) is 0. The highest BCUT2D eigenvalue weighted by molar-refractivity contribution is 6.00. The monoisotopic (exact) mass is 179 g/mol. The molecular formula is C10H13NO2. The first-order valence-corrected chi connectivity index (χ1v) is 4.20. The topological polar surface area (TPSA) is 56.2 Å². The van der Waals surface area contributed by atoms with Crippen LogP contribution in [-0.2, 0) is 4.79 Å². The van der Waals surface area contributed by atoms with Crippen molar-refractivity contribution in [1.82, 2.24) is 0 Å². The Kier molecular flexibility index (Phi) is 2.90. The molecule has 13 heavy (non-hydrogen) atoms. The van der Waals surface area contributed by atoms with Gasteiger partial charge in [0, 0.05) is 12.0 Å². The first-order chi connectivity index (χ1) is 6.16. The molecule has 0 atom stereocenters. The van der Waals surface area contributed by atoms with Gasteiger partial charge in [-0.3, -0.25) is 4.79 Å². The quantitative estimate of drug-likeness (QED) is 0.721. The SMILES string of the molecule is CCC(=O)/C(C)=C(/N)c1ccco1. The summed E-state index contributed by atoms with van der Waals surface area (Å²) < 4.78 is 5.08. The molecule has 0 fully saturated rings. The summed E-state index contributed by atoms with van der Waals surface area (Å²) in [6.45, 7) is 3.52. The van der Waals surface area contributed by atoms with Crippen molar-refractivity contribution in [3.8, 4) is 0 Å². The van der Waals surface area contributed by atoms with E-state index in [-0.39, 0.29) is 5.78 Å². The minimum Gasteiger partial charge on any atom is -0.463 e. The Balaban J connectivity index is 2.99. The lowest BCUT2D eigenvalue weighted by atomic mass is 10.1. The lowest BCUT2D eigenvalue weighted by Gasteiger charge is -2.01. The third-order valence-electron chi connectivity index (χ3n) is 1.93. The predicted octanol–water partition coefficient (Wildman–Crippen LogP) is 1.95. The molecule has 1 rings (SSSR count).